The first kappa shape index (κ1) is 28.5. The van der Waals surface area contributed by atoms with Gasteiger partial charge in [0.15, 0.2) is 0 Å². The zero-order valence-corrected chi connectivity index (χ0v) is 24.3. The molecule has 44 heavy (non-hydrogen) atoms. The number of hydrazine groups is 1. The van der Waals surface area contributed by atoms with E-state index in [9.17, 15) is 33.9 Å². The number of phenols is 1. The molecule has 2 aliphatic carbocycles. The van der Waals surface area contributed by atoms with Crippen LogP contribution in [-0.4, -0.2) is 44.0 Å². The Bertz CT molecular complexity index is 1780. The van der Waals surface area contributed by atoms with E-state index in [-0.39, 0.29) is 39.9 Å². The van der Waals surface area contributed by atoms with E-state index < -0.39 is 64.5 Å². The number of benzene rings is 3. The van der Waals surface area contributed by atoms with Crippen LogP contribution in [0, 0.1) is 29.5 Å². The van der Waals surface area contributed by atoms with Crippen molar-refractivity contribution in [3.05, 3.63) is 105 Å². The van der Waals surface area contributed by atoms with E-state index in [2.05, 4.69) is 5.43 Å². The molecule has 0 radical (unpaired) electrons. The lowest BCUT2D eigenvalue weighted by Gasteiger charge is -2.50. The first-order valence-electron chi connectivity index (χ1n) is 14.0. The number of nitrogens with zero attached hydrogens (tertiary/aromatic N) is 2. The number of carbonyl (C=O) groups excluding carboxylic acids is 4. The van der Waals surface area contributed by atoms with Crippen LogP contribution in [0.5, 0.6) is 5.75 Å². The number of imide groups is 2. The molecule has 6 atom stereocenters. The molecule has 4 aliphatic rings. The third-order valence-corrected chi connectivity index (χ3v) is 10.0. The molecule has 2 saturated heterocycles. The number of allylic oxidation sites excluding steroid dienone is 2. The fourth-order valence-electron chi connectivity index (χ4n) is 7.74. The van der Waals surface area contributed by atoms with Crippen molar-refractivity contribution in [2.24, 2.45) is 23.7 Å². The monoisotopic (exact) mass is 635 g/mol. The molecule has 2 aliphatic heterocycles. The molecule has 0 bridgehead atoms. The summed E-state index contributed by atoms with van der Waals surface area (Å²) in [5.74, 6) is -8.07. The molecule has 3 N–H and O–H groups in total. The van der Waals surface area contributed by atoms with Crippen LogP contribution in [0.3, 0.4) is 0 Å². The number of amides is 4. The number of phenolic OH excluding ortho intramolecular Hbond substituents is 1. The van der Waals surface area contributed by atoms with Crippen LogP contribution in [-0.2, 0) is 24.6 Å². The summed E-state index contributed by atoms with van der Waals surface area (Å²) in [6, 6.07) is 16.1. The Morgan fingerprint density at radius 2 is 1.55 bits per heavy atom. The Morgan fingerprint density at radius 1 is 0.864 bits per heavy atom. The summed E-state index contributed by atoms with van der Waals surface area (Å²) in [6.45, 7) is 0. The second-order valence-corrected chi connectivity index (χ2v) is 12.4. The number of halogens is 3. The van der Waals surface area contributed by atoms with Gasteiger partial charge in [0.25, 0.3) is 23.6 Å². The Balaban J connectivity index is 1.49. The van der Waals surface area contributed by atoms with Gasteiger partial charge < -0.3 is 5.11 Å². The highest BCUT2D eigenvalue weighted by atomic mass is 35.5. The van der Waals surface area contributed by atoms with Crippen LogP contribution in [0.15, 0.2) is 78.4 Å². The Labute approximate surface area is 260 Å². The molecule has 7 rings (SSSR count). The zero-order valence-electron chi connectivity index (χ0n) is 22.8. The predicted octanol–water partition coefficient (Wildman–Crippen LogP) is 5.21. The van der Waals surface area contributed by atoms with Crippen molar-refractivity contribution in [3.8, 4) is 5.75 Å². The summed E-state index contributed by atoms with van der Waals surface area (Å²) >= 11 is 12.7. The van der Waals surface area contributed by atoms with Gasteiger partial charge in [-0.05, 0) is 78.9 Å². The highest BCUT2D eigenvalue weighted by Gasteiger charge is 2.70. The Kier molecular flexibility index (Phi) is 6.58. The van der Waals surface area contributed by atoms with Crippen molar-refractivity contribution < 1.29 is 33.9 Å². The maximum atomic E-state index is 14.9. The lowest BCUT2D eigenvalue weighted by atomic mass is 9.49. The molecule has 6 unspecified atom stereocenters. The lowest BCUT2D eigenvalue weighted by molar-refractivity contribution is -0.173. The summed E-state index contributed by atoms with van der Waals surface area (Å²) in [7, 11) is 0. The first-order chi connectivity index (χ1) is 21.0. The highest BCUT2D eigenvalue weighted by Crippen LogP contribution is 2.65. The molecule has 3 aromatic carbocycles. The predicted molar refractivity (Wildman–Crippen MR) is 156 cm³/mol. The number of nitrogens with one attached hydrogen (secondary N) is 1. The average molecular weight is 636 g/mol. The van der Waals surface area contributed by atoms with Crippen LogP contribution in [0.25, 0.3) is 0 Å². The number of anilines is 1. The van der Waals surface area contributed by atoms with Crippen molar-refractivity contribution in [2.75, 3.05) is 5.43 Å². The van der Waals surface area contributed by atoms with Crippen LogP contribution in [0.4, 0.5) is 10.1 Å². The Hall–Kier alpha value is -4.25. The summed E-state index contributed by atoms with van der Waals surface area (Å²) in [5.41, 5.74) is 2.75. The first-order valence-corrected chi connectivity index (χ1v) is 14.7. The van der Waals surface area contributed by atoms with Crippen molar-refractivity contribution in [1.82, 2.24) is 10.1 Å². The second-order valence-electron chi connectivity index (χ2n) is 11.6. The fraction of sp³-hybridized carbons (Fsp3) is 0.250. The average Bonchev–Trinajstić information content (AvgIpc) is 3.36. The quantitative estimate of drug-likeness (QED) is 0.204. The van der Waals surface area contributed by atoms with E-state index in [0.29, 0.717) is 16.2 Å². The topological polar surface area (TPSA) is 127 Å². The molecule has 2 heterocycles. The van der Waals surface area contributed by atoms with E-state index in [0.717, 1.165) is 5.01 Å². The summed E-state index contributed by atoms with van der Waals surface area (Å²) < 4.78 is 13.7. The largest absolute Gasteiger partial charge is 0.508 e. The fourth-order valence-corrected chi connectivity index (χ4v) is 8.05. The summed E-state index contributed by atoms with van der Waals surface area (Å²) in [4.78, 5) is 55.4. The lowest BCUT2D eigenvalue weighted by Crippen LogP contribution is -2.53. The molecular formula is C32H24Cl2FN3O6. The number of rotatable bonds is 4. The van der Waals surface area contributed by atoms with Crippen molar-refractivity contribution in [2.45, 2.75) is 24.2 Å². The normalized spacial score (nSPS) is 29.4. The molecule has 224 valence electrons. The zero-order chi connectivity index (χ0) is 31.1. The Morgan fingerprint density at radius 3 is 2.25 bits per heavy atom. The van der Waals surface area contributed by atoms with E-state index in [1.54, 1.807) is 30.3 Å². The van der Waals surface area contributed by atoms with Crippen LogP contribution in [0.1, 0.15) is 29.9 Å². The standard InChI is InChI=1S/C32H24Cl2FN3O6/c33-16-3-1-15(2-4-16)32-24(29(41)37(31(32)43)36-19-8-6-18(35)7-9-19)14-22-20(27(32)23-13-17(34)5-12-25(23)39)10-11-21-26(22)30(42)38(44)28(21)40/h1-10,12-13,21-22,24,26-27,36,39,44H,11,14H2. The smallest absolute Gasteiger partial charge is 0.260 e. The van der Waals surface area contributed by atoms with Gasteiger partial charge in [-0.3, -0.25) is 29.8 Å². The number of fused-ring (bicyclic) bond motifs is 4. The molecular weight excluding hydrogens is 612 g/mol. The minimum Gasteiger partial charge on any atom is -0.508 e. The van der Waals surface area contributed by atoms with Crippen molar-refractivity contribution in [3.63, 3.8) is 0 Å². The molecule has 12 heteroatoms. The minimum absolute atomic E-state index is 0.00746. The maximum absolute atomic E-state index is 14.9. The van der Waals surface area contributed by atoms with Gasteiger partial charge in [-0.2, -0.15) is 10.1 Å². The van der Waals surface area contributed by atoms with Gasteiger partial charge in [-0.1, -0.05) is 47.0 Å². The molecule has 4 amide bonds. The van der Waals surface area contributed by atoms with Crippen LogP contribution >= 0.6 is 23.2 Å². The number of carbonyl (C=O) groups is 4. The van der Waals surface area contributed by atoms with Gasteiger partial charge >= 0.3 is 0 Å². The molecule has 0 spiro atoms. The molecule has 1 saturated carbocycles. The summed E-state index contributed by atoms with van der Waals surface area (Å²) in [6.07, 6.45) is 1.88. The van der Waals surface area contributed by atoms with Gasteiger partial charge in [0.1, 0.15) is 11.6 Å². The SMILES string of the molecule is O=C1C2CC=C3C(CC4C(=O)N(Nc5ccc(F)cc5)C(=O)C4(c4ccc(Cl)cc4)C3c3cc(Cl)ccc3O)C2C(=O)N1O. The van der Waals surface area contributed by atoms with Gasteiger partial charge in [0.05, 0.1) is 28.9 Å². The summed E-state index contributed by atoms with van der Waals surface area (Å²) in [5, 5.41) is 23.3. The van der Waals surface area contributed by atoms with E-state index in [1.807, 2.05) is 0 Å². The third-order valence-electron chi connectivity index (χ3n) is 9.53. The number of hydrogen-bond acceptors (Lipinski definition) is 7. The molecule has 0 aromatic heterocycles. The molecule has 3 aromatic rings. The highest BCUT2D eigenvalue weighted by molar-refractivity contribution is 6.31. The number of hydroxylamine groups is 2. The van der Waals surface area contributed by atoms with Gasteiger partial charge in [-0.15, -0.1) is 0 Å². The number of aromatic hydroxyl groups is 1. The molecule has 3 fully saturated rings. The van der Waals surface area contributed by atoms with Gasteiger partial charge in [0.2, 0.25) is 0 Å². The van der Waals surface area contributed by atoms with E-state index >= 15 is 0 Å². The van der Waals surface area contributed by atoms with Crippen molar-refractivity contribution in [1.29, 1.82) is 0 Å². The van der Waals surface area contributed by atoms with E-state index in [1.165, 1.54) is 42.5 Å². The van der Waals surface area contributed by atoms with E-state index in [4.69, 9.17) is 23.2 Å². The number of hydrogen-bond donors (Lipinski definition) is 3. The van der Waals surface area contributed by atoms with Crippen LogP contribution in [0.2, 0.25) is 10.0 Å². The van der Waals surface area contributed by atoms with Gasteiger partial charge in [-0.25, -0.2) is 4.39 Å². The minimum atomic E-state index is -1.66. The third kappa shape index (κ3) is 3.94. The van der Waals surface area contributed by atoms with Crippen LogP contribution < -0.4 is 5.43 Å². The van der Waals surface area contributed by atoms with Gasteiger partial charge in [0, 0.05) is 21.5 Å². The van der Waals surface area contributed by atoms with Crippen molar-refractivity contribution >= 4 is 52.5 Å². The molecule has 9 nitrogen and oxygen atoms in total. The maximum Gasteiger partial charge on any atom is 0.260 e. The second kappa shape index (κ2) is 10.2.